The third kappa shape index (κ3) is 5.28. The van der Waals surface area contributed by atoms with Crippen molar-refractivity contribution in [1.29, 1.82) is 5.26 Å². The lowest BCUT2D eigenvalue weighted by atomic mass is 10.0. The highest BCUT2D eigenvalue weighted by Crippen LogP contribution is 2.23. The number of ether oxygens (including phenoxy) is 1. The molecule has 0 heterocycles. The zero-order valence-electron chi connectivity index (χ0n) is 13.6. The molecule has 0 saturated carbocycles. The molecular formula is C17H25N3O2. The molecule has 0 saturated heterocycles. The van der Waals surface area contributed by atoms with Crippen molar-refractivity contribution in [3.8, 4) is 11.8 Å². The fraction of sp³-hybridized carbons (Fsp3) is 0.529. The number of nitrogens with one attached hydrogen (secondary N) is 1. The highest BCUT2D eigenvalue weighted by atomic mass is 16.5. The van der Waals surface area contributed by atoms with Crippen LogP contribution < -0.4 is 10.1 Å². The number of urea groups is 1. The number of hydrogen-bond donors (Lipinski definition) is 1. The lowest BCUT2D eigenvalue weighted by molar-refractivity contribution is 0.200. The van der Waals surface area contributed by atoms with Crippen molar-refractivity contribution < 1.29 is 9.53 Å². The second-order valence-electron chi connectivity index (χ2n) is 5.17. The van der Waals surface area contributed by atoms with E-state index in [9.17, 15) is 4.79 Å². The average molecular weight is 303 g/mol. The molecule has 2 amide bonds. The lowest BCUT2D eigenvalue weighted by Crippen LogP contribution is -2.39. The maximum atomic E-state index is 12.5. The Balaban J connectivity index is 2.80. The minimum absolute atomic E-state index is 0.188. The Bertz CT molecular complexity index is 507. The van der Waals surface area contributed by atoms with Gasteiger partial charge in [0.15, 0.2) is 0 Å². The summed E-state index contributed by atoms with van der Waals surface area (Å²) in [6, 6.07) is 9.22. The van der Waals surface area contributed by atoms with Crippen LogP contribution >= 0.6 is 0 Å². The first-order chi connectivity index (χ1) is 10.7. The van der Waals surface area contributed by atoms with E-state index in [0.29, 0.717) is 36.9 Å². The standard InChI is InChI=1S/C17H25N3O2/c1-4-14(5-2)13-20(12-8-11-18)17(21)19-15-9-6-7-10-16(15)22-3/h6-7,9-10,14H,4-5,8,12-13H2,1-3H3,(H,19,21). The molecule has 1 aromatic carbocycles. The van der Waals surface area contributed by atoms with Crippen LogP contribution in [0.2, 0.25) is 0 Å². The molecule has 0 aliphatic rings. The second-order valence-corrected chi connectivity index (χ2v) is 5.17. The summed E-state index contributed by atoms with van der Waals surface area (Å²) in [4.78, 5) is 14.2. The van der Waals surface area contributed by atoms with Crippen LogP contribution in [0, 0.1) is 17.2 Å². The topological polar surface area (TPSA) is 65.4 Å². The molecule has 5 nitrogen and oxygen atoms in total. The Morgan fingerprint density at radius 2 is 2.05 bits per heavy atom. The number of anilines is 1. The van der Waals surface area contributed by atoms with Crippen LogP contribution in [-0.2, 0) is 0 Å². The number of nitriles is 1. The van der Waals surface area contributed by atoms with Crippen molar-refractivity contribution in [1.82, 2.24) is 4.90 Å². The van der Waals surface area contributed by atoms with Crippen LogP contribution in [-0.4, -0.2) is 31.1 Å². The molecule has 1 N–H and O–H groups in total. The van der Waals surface area contributed by atoms with Gasteiger partial charge in [-0.1, -0.05) is 38.8 Å². The zero-order valence-corrected chi connectivity index (χ0v) is 13.6. The van der Waals surface area contributed by atoms with Crippen LogP contribution in [0.4, 0.5) is 10.5 Å². The van der Waals surface area contributed by atoms with Crippen molar-refractivity contribution in [3.63, 3.8) is 0 Å². The molecular weight excluding hydrogens is 278 g/mol. The maximum absolute atomic E-state index is 12.5. The normalized spacial score (nSPS) is 10.1. The quantitative estimate of drug-likeness (QED) is 0.792. The van der Waals surface area contributed by atoms with Crippen LogP contribution in [0.5, 0.6) is 5.75 Å². The molecule has 0 atom stereocenters. The lowest BCUT2D eigenvalue weighted by Gasteiger charge is -2.26. The molecule has 0 spiro atoms. The van der Waals surface area contributed by atoms with Gasteiger partial charge in [-0.25, -0.2) is 4.79 Å². The third-order valence-corrected chi connectivity index (χ3v) is 3.76. The van der Waals surface area contributed by atoms with Crippen molar-refractivity contribution in [2.75, 3.05) is 25.5 Å². The fourth-order valence-electron chi connectivity index (χ4n) is 2.26. The summed E-state index contributed by atoms with van der Waals surface area (Å²) in [7, 11) is 1.57. The van der Waals surface area contributed by atoms with Gasteiger partial charge in [0, 0.05) is 13.1 Å². The number of carbonyl (C=O) groups is 1. The first kappa shape index (κ1) is 17.8. The van der Waals surface area contributed by atoms with Gasteiger partial charge in [-0.05, 0) is 18.1 Å². The van der Waals surface area contributed by atoms with E-state index < -0.39 is 0 Å². The summed E-state index contributed by atoms with van der Waals surface area (Å²) in [5.74, 6) is 1.07. The van der Waals surface area contributed by atoms with Gasteiger partial charge < -0.3 is 15.0 Å². The van der Waals surface area contributed by atoms with E-state index >= 15 is 0 Å². The van der Waals surface area contributed by atoms with Gasteiger partial charge in [-0.15, -0.1) is 0 Å². The van der Waals surface area contributed by atoms with Crippen molar-refractivity contribution in [2.45, 2.75) is 33.1 Å². The van der Waals surface area contributed by atoms with Crippen LogP contribution in [0.15, 0.2) is 24.3 Å². The summed E-state index contributed by atoms with van der Waals surface area (Å²) >= 11 is 0. The Morgan fingerprint density at radius 1 is 1.36 bits per heavy atom. The molecule has 1 rings (SSSR count). The number of rotatable bonds is 8. The highest BCUT2D eigenvalue weighted by molar-refractivity contribution is 5.91. The molecule has 0 fully saturated rings. The smallest absolute Gasteiger partial charge is 0.321 e. The zero-order chi connectivity index (χ0) is 16.4. The van der Waals surface area contributed by atoms with E-state index in [1.165, 1.54) is 0 Å². The molecule has 0 bridgehead atoms. The van der Waals surface area contributed by atoms with Gasteiger partial charge in [0.25, 0.3) is 0 Å². The summed E-state index contributed by atoms with van der Waals surface area (Å²) in [6.07, 6.45) is 2.36. The first-order valence-electron chi connectivity index (χ1n) is 7.72. The van der Waals surface area contributed by atoms with Gasteiger partial charge in [0.2, 0.25) is 0 Å². The molecule has 22 heavy (non-hydrogen) atoms. The monoisotopic (exact) mass is 303 g/mol. The fourth-order valence-corrected chi connectivity index (χ4v) is 2.26. The largest absolute Gasteiger partial charge is 0.495 e. The average Bonchev–Trinajstić information content (AvgIpc) is 2.55. The maximum Gasteiger partial charge on any atom is 0.321 e. The molecule has 120 valence electrons. The predicted molar refractivity (Wildman–Crippen MR) is 87.9 cm³/mol. The molecule has 0 unspecified atom stereocenters. The van der Waals surface area contributed by atoms with Crippen LogP contribution in [0.1, 0.15) is 33.1 Å². The molecule has 5 heteroatoms. The molecule has 0 aliphatic carbocycles. The van der Waals surface area contributed by atoms with Crippen molar-refractivity contribution >= 4 is 11.7 Å². The molecule has 0 aliphatic heterocycles. The van der Waals surface area contributed by atoms with Crippen LogP contribution in [0.25, 0.3) is 0 Å². The number of amides is 2. The van der Waals surface area contributed by atoms with E-state index in [4.69, 9.17) is 10.00 Å². The van der Waals surface area contributed by atoms with Gasteiger partial charge in [0.05, 0.1) is 25.3 Å². The van der Waals surface area contributed by atoms with Gasteiger partial charge in [-0.3, -0.25) is 0 Å². The van der Waals surface area contributed by atoms with E-state index in [-0.39, 0.29) is 6.03 Å². The summed E-state index contributed by atoms with van der Waals surface area (Å²) in [5.41, 5.74) is 0.640. The first-order valence-corrected chi connectivity index (χ1v) is 7.72. The third-order valence-electron chi connectivity index (χ3n) is 3.76. The molecule has 0 radical (unpaired) electrons. The minimum atomic E-state index is -0.188. The van der Waals surface area contributed by atoms with E-state index in [0.717, 1.165) is 12.8 Å². The van der Waals surface area contributed by atoms with Gasteiger partial charge in [0.1, 0.15) is 5.75 Å². The van der Waals surface area contributed by atoms with Crippen molar-refractivity contribution in [2.24, 2.45) is 5.92 Å². The van der Waals surface area contributed by atoms with E-state index in [1.54, 1.807) is 24.1 Å². The van der Waals surface area contributed by atoms with Crippen LogP contribution in [0.3, 0.4) is 0 Å². The van der Waals surface area contributed by atoms with Crippen molar-refractivity contribution in [3.05, 3.63) is 24.3 Å². The summed E-state index contributed by atoms with van der Waals surface area (Å²) < 4.78 is 5.24. The Kier molecular flexibility index (Phi) is 7.84. The van der Waals surface area contributed by atoms with Gasteiger partial charge >= 0.3 is 6.03 Å². The summed E-state index contributed by atoms with van der Waals surface area (Å²) in [5, 5.41) is 11.7. The second kappa shape index (κ2) is 9.67. The SMILES string of the molecule is CCC(CC)CN(CCC#N)C(=O)Nc1ccccc1OC. The number of nitrogens with zero attached hydrogens (tertiary/aromatic N) is 2. The Hall–Kier alpha value is -2.22. The number of carbonyl (C=O) groups excluding carboxylic acids is 1. The number of benzene rings is 1. The van der Waals surface area contributed by atoms with Gasteiger partial charge in [-0.2, -0.15) is 5.26 Å². The molecule has 0 aromatic heterocycles. The summed E-state index contributed by atoms with van der Waals surface area (Å²) in [6.45, 7) is 5.34. The number of hydrogen-bond acceptors (Lipinski definition) is 3. The molecule has 1 aromatic rings. The van der Waals surface area contributed by atoms with E-state index in [1.807, 2.05) is 12.1 Å². The Morgan fingerprint density at radius 3 is 2.64 bits per heavy atom. The number of methoxy groups -OCH3 is 1. The predicted octanol–water partition coefficient (Wildman–Crippen LogP) is 3.88. The van der Waals surface area contributed by atoms with E-state index in [2.05, 4.69) is 25.2 Å². The Labute approximate surface area is 132 Å². The number of para-hydroxylation sites is 2. The minimum Gasteiger partial charge on any atom is -0.495 e. The highest BCUT2D eigenvalue weighted by Gasteiger charge is 2.18.